The van der Waals surface area contributed by atoms with Crippen LogP contribution < -0.4 is 0 Å². The van der Waals surface area contributed by atoms with Crippen LogP contribution in [0.1, 0.15) is 34.9 Å². The molecule has 1 fully saturated rings. The molecular weight excluding hydrogens is 266 g/mol. The van der Waals surface area contributed by atoms with Gasteiger partial charge in [-0.3, -0.25) is 0 Å². The maximum atomic E-state index is 11.1. The molecule has 1 saturated carbocycles. The maximum absolute atomic E-state index is 11.1. The number of rotatable bonds is 3. The quantitative estimate of drug-likeness (QED) is 0.771. The van der Waals surface area contributed by atoms with Gasteiger partial charge in [0, 0.05) is 46.5 Å². The second kappa shape index (κ2) is 4.41. The Kier molecular flexibility index (Phi) is 2.54. The minimum atomic E-state index is -0.926. The lowest BCUT2D eigenvalue weighted by molar-refractivity contribution is 0.0697. The Bertz CT molecular complexity index is 832. The van der Waals surface area contributed by atoms with Gasteiger partial charge in [-0.25, -0.2) is 14.8 Å². The van der Waals surface area contributed by atoms with E-state index in [1.165, 1.54) is 12.8 Å². The fraction of sp³-hybridized carbons (Fsp3) is 0.188. The van der Waals surface area contributed by atoms with Crippen LogP contribution in [0, 0.1) is 0 Å². The average Bonchev–Trinajstić information content (AvgIpc) is 3.26. The number of aromatic nitrogens is 3. The number of carbonyl (C=O) groups is 1. The van der Waals surface area contributed by atoms with E-state index in [9.17, 15) is 4.79 Å². The zero-order chi connectivity index (χ0) is 14.4. The highest BCUT2D eigenvalue weighted by atomic mass is 16.4. The van der Waals surface area contributed by atoms with E-state index in [2.05, 4.69) is 15.0 Å². The Morgan fingerprint density at radius 3 is 2.67 bits per heavy atom. The number of nitrogens with zero attached hydrogens (tertiary/aromatic N) is 2. The van der Waals surface area contributed by atoms with Crippen molar-refractivity contribution >= 4 is 16.9 Å². The van der Waals surface area contributed by atoms with Gasteiger partial charge >= 0.3 is 5.97 Å². The van der Waals surface area contributed by atoms with Crippen molar-refractivity contribution in [2.45, 2.75) is 18.8 Å². The smallest absolute Gasteiger partial charge is 0.335 e. The molecule has 0 spiro atoms. The molecule has 4 rings (SSSR count). The second-order valence-corrected chi connectivity index (χ2v) is 5.37. The predicted molar refractivity (Wildman–Crippen MR) is 78.3 cm³/mol. The number of aromatic amines is 1. The van der Waals surface area contributed by atoms with Gasteiger partial charge in [0.2, 0.25) is 0 Å². The highest BCUT2D eigenvalue weighted by molar-refractivity contribution is 6.00. The molecule has 0 radical (unpaired) electrons. The van der Waals surface area contributed by atoms with E-state index in [0.29, 0.717) is 5.92 Å². The van der Waals surface area contributed by atoms with Crippen LogP contribution in [0.5, 0.6) is 0 Å². The largest absolute Gasteiger partial charge is 0.478 e. The van der Waals surface area contributed by atoms with Crippen LogP contribution in [0.15, 0.2) is 36.8 Å². The molecule has 2 heterocycles. The molecule has 1 aliphatic rings. The third kappa shape index (κ3) is 2.07. The van der Waals surface area contributed by atoms with Crippen molar-refractivity contribution in [3.63, 3.8) is 0 Å². The number of H-pyrrole nitrogens is 1. The van der Waals surface area contributed by atoms with E-state index in [0.717, 1.165) is 27.9 Å². The van der Waals surface area contributed by atoms with Crippen LogP contribution >= 0.6 is 0 Å². The SMILES string of the molecule is O=C(O)c1ccc2[nH]cc(-c3cnc(C4CC4)nc3)c2c1. The molecule has 0 amide bonds. The highest BCUT2D eigenvalue weighted by Gasteiger charge is 2.26. The molecule has 5 heteroatoms. The van der Waals surface area contributed by atoms with Crippen molar-refractivity contribution in [2.75, 3.05) is 0 Å². The van der Waals surface area contributed by atoms with Crippen molar-refractivity contribution < 1.29 is 9.90 Å². The average molecular weight is 279 g/mol. The van der Waals surface area contributed by atoms with Gasteiger partial charge < -0.3 is 10.1 Å². The number of carboxylic acid groups (broad SMARTS) is 1. The Balaban J connectivity index is 1.81. The summed E-state index contributed by atoms with van der Waals surface area (Å²) in [6, 6.07) is 5.05. The number of benzene rings is 1. The van der Waals surface area contributed by atoms with Crippen LogP contribution in [0.25, 0.3) is 22.0 Å². The van der Waals surface area contributed by atoms with Crippen molar-refractivity contribution in [2.24, 2.45) is 0 Å². The number of hydrogen-bond donors (Lipinski definition) is 2. The van der Waals surface area contributed by atoms with Gasteiger partial charge in [-0.2, -0.15) is 0 Å². The van der Waals surface area contributed by atoms with Crippen molar-refractivity contribution in [1.29, 1.82) is 0 Å². The van der Waals surface area contributed by atoms with Gasteiger partial charge in [-0.1, -0.05) is 0 Å². The Morgan fingerprint density at radius 2 is 2.00 bits per heavy atom. The summed E-state index contributed by atoms with van der Waals surface area (Å²) in [6.07, 6.45) is 7.85. The van der Waals surface area contributed by atoms with Gasteiger partial charge in [0.05, 0.1) is 5.56 Å². The van der Waals surface area contributed by atoms with Gasteiger partial charge in [0.15, 0.2) is 0 Å². The summed E-state index contributed by atoms with van der Waals surface area (Å²) in [5.41, 5.74) is 3.00. The van der Waals surface area contributed by atoms with Gasteiger partial charge in [0.1, 0.15) is 5.82 Å². The lowest BCUT2D eigenvalue weighted by Crippen LogP contribution is -1.95. The first-order valence-corrected chi connectivity index (χ1v) is 6.89. The zero-order valence-electron chi connectivity index (χ0n) is 11.2. The molecule has 104 valence electrons. The molecule has 0 aliphatic heterocycles. The summed E-state index contributed by atoms with van der Waals surface area (Å²) < 4.78 is 0. The number of fused-ring (bicyclic) bond motifs is 1. The molecule has 2 aromatic heterocycles. The van der Waals surface area contributed by atoms with E-state index in [1.807, 2.05) is 18.6 Å². The third-order valence-corrected chi connectivity index (χ3v) is 3.85. The van der Waals surface area contributed by atoms with E-state index in [1.54, 1.807) is 18.2 Å². The number of aromatic carboxylic acids is 1. The van der Waals surface area contributed by atoms with Gasteiger partial charge in [0.25, 0.3) is 0 Å². The summed E-state index contributed by atoms with van der Waals surface area (Å²) in [6.45, 7) is 0. The summed E-state index contributed by atoms with van der Waals surface area (Å²) in [5.74, 6) is 0.509. The van der Waals surface area contributed by atoms with Crippen molar-refractivity contribution in [3.05, 3.63) is 48.2 Å². The Labute approximate surface area is 120 Å². The zero-order valence-corrected chi connectivity index (χ0v) is 11.2. The number of nitrogens with one attached hydrogen (secondary N) is 1. The van der Waals surface area contributed by atoms with Gasteiger partial charge in [-0.05, 0) is 31.0 Å². The van der Waals surface area contributed by atoms with E-state index < -0.39 is 5.97 Å². The highest BCUT2D eigenvalue weighted by Crippen LogP contribution is 2.38. The monoisotopic (exact) mass is 279 g/mol. The van der Waals surface area contributed by atoms with Gasteiger partial charge in [-0.15, -0.1) is 0 Å². The van der Waals surface area contributed by atoms with Crippen LogP contribution in [0.2, 0.25) is 0 Å². The molecule has 0 saturated heterocycles. The first kappa shape index (κ1) is 12.1. The lowest BCUT2D eigenvalue weighted by Gasteiger charge is -2.02. The fourth-order valence-electron chi connectivity index (χ4n) is 2.52. The van der Waals surface area contributed by atoms with E-state index >= 15 is 0 Å². The molecule has 0 bridgehead atoms. The summed E-state index contributed by atoms with van der Waals surface area (Å²) >= 11 is 0. The van der Waals surface area contributed by atoms with E-state index in [4.69, 9.17) is 5.11 Å². The topological polar surface area (TPSA) is 78.9 Å². The normalized spacial score (nSPS) is 14.5. The molecule has 1 aromatic carbocycles. The first-order valence-electron chi connectivity index (χ1n) is 6.89. The standard InChI is InChI=1S/C16H13N3O2/c20-16(21)10-3-4-14-12(5-10)13(8-17-14)11-6-18-15(19-7-11)9-1-2-9/h3-9,17H,1-2H2,(H,20,21). The molecule has 21 heavy (non-hydrogen) atoms. The lowest BCUT2D eigenvalue weighted by atomic mass is 10.1. The molecule has 1 aliphatic carbocycles. The minimum Gasteiger partial charge on any atom is -0.478 e. The fourth-order valence-corrected chi connectivity index (χ4v) is 2.52. The molecule has 5 nitrogen and oxygen atoms in total. The molecule has 2 N–H and O–H groups in total. The van der Waals surface area contributed by atoms with Crippen LogP contribution in [0.3, 0.4) is 0 Å². The van der Waals surface area contributed by atoms with Crippen LogP contribution in [0.4, 0.5) is 0 Å². The Morgan fingerprint density at radius 1 is 1.24 bits per heavy atom. The minimum absolute atomic E-state index is 0.277. The predicted octanol–water partition coefficient (Wildman–Crippen LogP) is 3.20. The summed E-state index contributed by atoms with van der Waals surface area (Å²) in [7, 11) is 0. The summed E-state index contributed by atoms with van der Waals surface area (Å²) in [4.78, 5) is 23.1. The van der Waals surface area contributed by atoms with Crippen LogP contribution in [-0.4, -0.2) is 26.0 Å². The summed E-state index contributed by atoms with van der Waals surface area (Å²) in [5, 5.41) is 9.99. The maximum Gasteiger partial charge on any atom is 0.335 e. The van der Waals surface area contributed by atoms with Crippen LogP contribution in [-0.2, 0) is 0 Å². The number of carboxylic acids is 1. The third-order valence-electron chi connectivity index (χ3n) is 3.85. The molecular formula is C16H13N3O2. The molecule has 0 atom stereocenters. The van der Waals surface area contributed by atoms with Crippen molar-refractivity contribution in [3.8, 4) is 11.1 Å². The molecule has 3 aromatic rings. The van der Waals surface area contributed by atoms with E-state index in [-0.39, 0.29) is 5.56 Å². The number of hydrogen-bond acceptors (Lipinski definition) is 3. The van der Waals surface area contributed by atoms with Crippen molar-refractivity contribution in [1.82, 2.24) is 15.0 Å². The Hall–Kier alpha value is -2.69. The molecule has 0 unspecified atom stereocenters. The first-order chi connectivity index (χ1) is 10.2. The second-order valence-electron chi connectivity index (χ2n) is 5.37.